The van der Waals surface area contributed by atoms with E-state index in [-0.39, 0.29) is 11.6 Å². The van der Waals surface area contributed by atoms with Crippen LogP contribution in [-0.4, -0.2) is 18.2 Å². The highest BCUT2D eigenvalue weighted by atomic mass is 16.5. The molecule has 0 saturated heterocycles. The van der Waals surface area contributed by atoms with E-state index in [0.717, 1.165) is 18.9 Å². The smallest absolute Gasteiger partial charge is 0.0820 e. The largest absolute Gasteiger partial charge is 0.374 e. The lowest BCUT2D eigenvalue weighted by Crippen LogP contribution is -2.58. The summed E-state index contributed by atoms with van der Waals surface area (Å²) in [5.41, 5.74) is 2.95. The van der Waals surface area contributed by atoms with Gasteiger partial charge in [0.1, 0.15) is 0 Å². The molecule has 18 heavy (non-hydrogen) atoms. The van der Waals surface area contributed by atoms with Gasteiger partial charge in [-0.3, -0.25) is 11.3 Å². The lowest BCUT2D eigenvalue weighted by molar-refractivity contribution is -0.0807. The highest BCUT2D eigenvalue weighted by Crippen LogP contribution is 2.39. The van der Waals surface area contributed by atoms with Gasteiger partial charge in [0, 0.05) is 6.61 Å². The SMILES string of the molecule is CCOC(C)(CC)C(NN)C1CCCCC1CC. The molecule has 0 aromatic rings. The molecule has 1 saturated carbocycles. The Morgan fingerprint density at radius 1 is 1.28 bits per heavy atom. The van der Waals surface area contributed by atoms with Gasteiger partial charge >= 0.3 is 0 Å². The van der Waals surface area contributed by atoms with Gasteiger partial charge in [-0.2, -0.15) is 0 Å². The average Bonchev–Trinajstić information content (AvgIpc) is 2.40. The maximum Gasteiger partial charge on any atom is 0.0820 e. The maximum atomic E-state index is 6.04. The Morgan fingerprint density at radius 2 is 1.94 bits per heavy atom. The second-order valence-electron chi connectivity index (χ2n) is 5.86. The molecule has 4 atom stereocenters. The van der Waals surface area contributed by atoms with Gasteiger partial charge in [-0.15, -0.1) is 0 Å². The van der Waals surface area contributed by atoms with Gasteiger partial charge in [-0.05, 0) is 38.5 Å². The molecule has 0 aromatic heterocycles. The third-order valence-electron chi connectivity index (χ3n) is 4.93. The summed E-state index contributed by atoms with van der Waals surface area (Å²) in [5, 5.41) is 0. The molecule has 1 rings (SSSR count). The summed E-state index contributed by atoms with van der Waals surface area (Å²) in [4.78, 5) is 0. The summed E-state index contributed by atoms with van der Waals surface area (Å²) >= 11 is 0. The van der Waals surface area contributed by atoms with Crippen molar-refractivity contribution in [2.24, 2.45) is 17.7 Å². The minimum Gasteiger partial charge on any atom is -0.374 e. The zero-order chi connectivity index (χ0) is 13.6. The molecule has 0 spiro atoms. The van der Waals surface area contributed by atoms with Crippen LogP contribution in [0.3, 0.4) is 0 Å². The van der Waals surface area contributed by atoms with Crippen molar-refractivity contribution in [2.45, 2.75) is 77.9 Å². The van der Waals surface area contributed by atoms with Crippen molar-refractivity contribution in [2.75, 3.05) is 6.61 Å². The van der Waals surface area contributed by atoms with E-state index in [0.29, 0.717) is 5.92 Å². The minimum absolute atomic E-state index is 0.140. The molecule has 108 valence electrons. The predicted octanol–water partition coefficient (Wildman–Crippen LogP) is 3.24. The molecule has 3 nitrogen and oxygen atoms in total. The quantitative estimate of drug-likeness (QED) is 0.543. The fraction of sp³-hybridized carbons (Fsp3) is 1.00. The molecule has 1 aliphatic carbocycles. The van der Waals surface area contributed by atoms with E-state index in [9.17, 15) is 0 Å². The van der Waals surface area contributed by atoms with Crippen molar-refractivity contribution in [3.8, 4) is 0 Å². The van der Waals surface area contributed by atoms with Gasteiger partial charge in [-0.1, -0.05) is 39.5 Å². The molecular weight excluding hydrogens is 224 g/mol. The number of nitrogens with two attached hydrogens (primary N) is 1. The van der Waals surface area contributed by atoms with Gasteiger partial charge in [0.05, 0.1) is 11.6 Å². The van der Waals surface area contributed by atoms with Crippen LogP contribution in [0.15, 0.2) is 0 Å². The summed E-state index contributed by atoms with van der Waals surface area (Å²) in [6.07, 6.45) is 7.62. The van der Waals surface area contributed by atoms with E-state index in [1.165, 1.54) is 32.1 Å². The topological polar surface area (TPSA) is 47.3 Å². The fourth-order valence-electron chi connectivity index (χ4n) is 3.68. The third kappa shape index (κ3) is 3.46. The van der Waals surface area contributed by atoms with E-state index in [4.69, 9.17) is 10.6 Å². The molecule has 4 unspecified atom stereocenters. The van der Waals surface area contributed by atoms with Crippen LogP contribution in [0.1, 0.15) is 66.2 Å². The Balaban J connectivity index is 2.84. The normalized spacial score (nSPS) is 29.8. The Morgan fingerprint density at radius 3 is 2.44 bits per heavy atom. The van der Waals surface area contributed by atoms with Gasteiger partial charge < -0.3 is 4.74 Å². The standard InChI is InChI=1S/C15H32N2O/c1-5-12-10-8-9-11-13(12)14(17-16)15(4,6-2)18-7-3/h12-14,17H,5-11,16H2,1-4H3. The third-order valence-corrected chi connectivity index (χ3v) is 4.93. The molecule has 1 fully saturated rings. The molecule has 0 radical (unpaired) electrons. The van der Waals surface area contributed by atoms with Crippen LogP contribution in [0, 0.1) is 11.8 Å². The van der Waals surface area contributed by atoms with Crippen LogP contribution in [0.4, 0.5) is 0 Å². The van der Waals surface area contributed by atoms with E-state index < -0.39 is 0 Å². The van der Waals surface area contributed by atoms with Crippen molar-refractivity contribution in [3.05, 3.63) is 0 Å². The summed E-state index contributed by atoms with van der Waals surface area (Å²) in [6.45, 7) is 9.54. The van der Waals surface area contributed by atoms with Crippen LogP contribution >= 0.6 is 0 Å². The van der Waals surface area contributed by atoms with Crippen molar-refractivity contribution in [1.29, 1.82) is 0 Å². The molecule has 0 amide bonds. The summed E-state index contributed by atoms with van der Waals surface area (Å²) < 4.78 is 6.04. The highest BCUT2D eigenvalue weighted by Gasteiger charge is 2.41. The minimum atomic E-state index is -0.140. The van der Waals surface area contributed by atoms with E-state index >= 15 is 0 Å². The van der Waals surface area contributed by atoms with Crippen molar-refractivity contribution >= 4 is 0 Å². The molecule has 0 heterocycles. The fourth-order valence-corrected chi connectivity index (χ4v) is 3.68. The molecule has 0 aromatic carbocycles. The second-order valence-corrected chi connectivity index (χ2v) is 5.86. The van der Waals surface area contributed by atoms with Crippen molar-refractivity contribution in [1.82, 2.24) is 5.43 Å². The van der Waals surface area contributed by atoms with Crippen LogP contribution < -0.4 is 11.3 Å². The predicted molar refractivity (Wildman–Crippen MR) is 77.2 cm³/mol. The average molecular weight is 256 g/mol. The first-order chi connectivity index (χ1) is 8.62. The second kappa shape index (κ2) is 7.46. The Labute approximate surface area is 113 Å². The summed E-state index contributed by atoms with van der Waals surface area (Å²) in [7, 11) is 0. The summed E-state index contributed by atoms with van der Waals surface area (Å²) in [5.74, 6) is 7.34. The first-order valence-electron chi connectivity index (χ1n) is 7.73. The Bertz CT molecular complexity index is 235. The summed E-state index contributed by atoms with van der Waals surface area (Å²) in [6, 6.07) is 0.271. The number of hydrogen-bond acceptors (Lipinski definition) is 3. The number of rotatable bonds is 7. The van der Waals surface area contributed by atoms with Gasteiger partial charge in [0.25, 0.3) is 0 Å². The van der Waals surface area contributed by atoms with E-state index in [1.807, 2.05) is 0 Å². The first kappa shape index (κ1) is 15.9. The molecular formula is C15H32N2O. The van der Waals surface area contributed by atoms with Gasteiger partial charge in [0.2, 0.25) is 0 Å². The molecule has 1 aliphatic rings. The molecule has 3 N–H and O–H groups in total. The Hall–Kier alpha value is -0.120. The first-order valence-corrected chi connectivity index (χ1v) is 7.73. The molecule has 0 aliphatic heterocycles. The van der Waals surface area contributed by atoms with Crippen LogP contribution in [0.25, 0.3) is 0 Å². The zero-order valence-corrected chi connectivity index (χ0v) is 12.7. The van der Waals surface area contributed by atoms with Gasteiger partial charge in [-0.25, -0.2) is 0 Å². The van der Waals surface area contributed by atoms with Crippen molar-refractivity contribution < 1.29 is 4.74 Å². The van der Waals surface area contributed by atoms with Crippen LogP contribution in [0.2, 0.25) is 0 Å². The number of nitrogens with one attached hydrogen (secondary N) is 1. The maximum absolute atomic E-state index is 6.04. The van der Waals surface area contributed by atoms with E-state index in [1.54, 1.807) is 0 Å². The highest BCUT2D eigenvalue weighted by molar-refractivity contribution is 4.95. The number of ether oxygens (including phenoxy) is 1. The number of hydrogen-bond donors (Lipinski definition) is 2. The molecule has 0 bridgehead atoms. The molecule has 3 heteroatoms. The monoisotopic (exact) mass is 256 g/mol. The lowest BCUT2D eigenvalue weighted by atomic mass is 9.69. The van der Waals surface area contributed by atoms with E-state index in [2.05, 4.69) is 33.1 Å². The zero-order valence-electron chi connectivity index (χ0n) is 12.7. The van der Waals surface area contributed by atoms with Crippen LogP contribution in [-0.2, 0) is 4.74 Å². The van der Waals surface area contributed by atoms with Crippen molar-refractivity contribution in [3.63, 3.8) is 0 Å². The Kier molecular flexibility index (Phi) is 6.61. The van der Waals surface area contributed by atoms with Crippen LogP contribution in [0.5, 0.6) is 0 Å². The lowest BCUT2D eigenvalue weighted by Gasteiger charge is -2.45. The van der Waals surface area contributed by atoms with Gasteiger partial charge in [0.15, 0.2) is 0 Å². The number of hydrazine groups is 1.